The predicted molar refractivity (Wildman–Crippen MR) is 79.2 cm³/mol. The largest absolute Gasteiger partial charge is 0.364 e. The van der Waals surface area contributed by atoms with Crippen molar-refractivity contribution in [1.29, 1.82) is 0 Å². The van der Waals surface area contributed by atoms with Gasteiger partial charge in [0.05, 0.1) is 5.69 Å². The lowest BCUT2D eigenvalue weighted by Crippen LogP contribution is -2.50. The fourth-order valence-corrected chi connectivity index (χ4v) is 2.70. The lowest BCUT2D eigenvalue weighted by atomic mass is 9.88. The molecule has 106 valence electrons. The van der Waals surface area contributed by atoms with Gasteiger partial charge >= 0.3 is 0 Å². The Labute approximate surface area is 116 Å². The van der Waals surface area contributed by atoms with Gasteiger partial charge in [-0.1, -0.05) is 26.8 Å². The average Bonchev–Trinajstić information content (AvgIpc) is 2.28. The van der Waals surface area contributed by atoms with Crippen LogP contribution in [0.3, 0.4) is 0 Å². The molecule has 0 radical (unpaired) electrons. The minimum Gasteiger partial charge on any atom is -0.364 e. The van der Waals surface area contributed by atoms with Crippen LogP contribution in [0.4, 0.5) is 10.1 Å². The molecule has 1 aromatic carbocycles. The highest BCUT2D eigenvalue weighted by atomic mass is 19.1. The first-order valence-electron chi connectivity index (χ1n) is 7.12. The van der Waals surface area contributed by atoms with Crippen LogP contribution >= 0.6 is 0 Å². The number of nitrogens with zero attached hydrogens (tertiary/aromatic N) is 1. The molecule has 1 saturated heterocycles. The molecule has 1 N–H and O–H groups in total. The van der Waals surface area contributed by atoms with Crippen molar-refractivity contribution >= 4 is 5.69 Å². The van der Waals surface area contributed by atoms with Crippen LogP contribution < -0.4 is 10.2 Å². The molecule has 2 rings (SSSR count). The van der Waals surface area contributed by atoms with Crippen molar-refractivity contribution in [3.05, 3.63) is 29.6 Å². The van der Waals surface area contributed by atoms with E-state index in [4.69, 9.17) is 0 Å². The normalized spacial score (nSPS) is 20.7. The third-order valence-corrected chi connectivity index (χ3v) is 3.56. The maximum absolute atomic E-state index is 14.3. The van der Waals surface area contributed by atoms with Crippen LogP contribution in [-0.4, -0.2) is 25.7 Å². The number of nitrogens with one attached hydrogen (secondary N) is 1. The fraction of sp³-hybridized carbons (Fsp3) is 0.625. The summed E-state index contributed by atoms with van der Waals surface area (Å²) >= 11 is 0. The molecule has 0 aliphatic carbocycles. The SMILES string of the molecule is CC1CNCCN1c1ccc(CC(C)(C)C)cc1F. The van der Waals surface area contributed by atoms with Crippen molar-refractivity contribution in [3.63, 3.8) is 0 Å². The van der Waals surface area contributed by atoms with Gasteiger partial charge in [-0.15, -0.1) is 0 Å². The Morgan fingerprint density at radius 3 is 2.68 bits per heavy atom. The van der Waals surface area contributed by atoms with Gasteiger partial charge in [0, 0.05) is 25.7 Å². The molecule has 0 bridgehead atoms. The van der Waals surface area contributed by atoms with Crippen LogP contribution in [0, 0.1) is 11.2 Å². The molecular formula is C16H25FN2. The summed E-state index contributed by atoms with van der Waals surface area (Å²) in [6.07, 6.45) is 0.904. The smallest absolute Gasteiger partial charge is 0.146 e. The van der Waals surface area contributed by atoms with Crippen LogP contribution in [-0.2, 0) is 6.42 Å². The van der Waals surface area contributed by atoms with E-state index < -0.39 is 0 Å². The standard InChI is InChI=1S/C16H25FN2/c1-12-11-18-7-8-19(12)15-6-5-13(9-14(15)17)10-16(2,3)4/h5-6,9,12,18H,7-8,10-11H2,1-4H3. The molecular weight excluding hydrogens is 239 g/mol. The van der Waals surface area contributed by atoms with Gasteiger partial charge in [0.15, 0.2) is 0 Å². The summed E-state index contributed by atoms with van der Waals surface area (Å²) < 4.78 is 14.3. The molecule has 1 aliphatic rings. The van der Waals surface area contributed by atoms with E-state index >= 15 is 0 Å². The first kappa shape index (κ1) is 14.3. The summed E-state index contributed by atoms with van der Waals surface area (Å²) in [6.45, 7) is 11.4. The molecule has 1 aromatic rings. The number of halogens is 1. The topological polar surface area (TPSA) is 15.3 Å². The predicted octanol–water partition coefficient (Wildman–Crippen LogP) is 3.21. The van der Waals surface area contributed by atoms with E-state index in [-0.39, 0.29) is 11.2 Å². The highest BCUT2D eigenvalue weighted by molar-refractivity contribution is 5.50. The zero-order valence-corrected chi connectivity index (χ0v) is 12.5. The van der Waals surface area contributed by atoms with Gasteiger partial charge in [0.1, 0.15) is 5.82 Å². The summed E-state index contributed by atoms with van der Waals surface area (Å²) in [6, 6.07) is 6.06. The monoisotopic (exact) mass is 264 g/mol. The van der Waals surface area contributed by atoms with Gasteiger partial charge in [-0.05, 0) is 36.5 Å². The maximum Gasteiger partial charge on any atom is 0.146 e. The van der Waals surface area contributed by atoms with Crippen LogP contribution in [0.5, 0.6) is 0 Å². The average molecular weight is 264 g/mol. The number of anilines is 1. The van der Waals surface area contributed by atoms with Crippen molar-refractivity contribution < 1.29 is 4.39 Å². The van der Waals surface area contributed by atoms with Gasteiger partial charge < -0.3 is 10.2 Å². The zero-order chi connectivity index (χ0) is 14.0. The van der Waals surface area contributed by atoms with Crippen LogP contribution in [0.1, 0.15) is 33.3 Å². The number of piperazine rings is 1. The number of hydrogen-bond acceptors (Lipinski definition) is 2. The Morgan fingerprint density at radius 2 is 2.11 bits per heavy atom. The molecule has 1 heterocycles. The molecule has 0 spiro atoms. The summed E-state index contributed by atoms with van der Waals surface area (Å²) in [5.41, 5.74) is 2.01. The lowest BCUT2D eigenvalue weighted by molar-refractivity contribution is 0.410. The highest BCUT2D eigenvalue weighted by Gasteiger charge is 2.21. The van der Waals surface area contributed by atoms with Crippen LogP contribution in [0.2, 0.25) is 0 Å². The van der Waals surface area contributed by atoms with Crippen molar-refractivity contribution in [2.24, 2.45) is 5.41 Å². The second-order valence-electron chi connectivity index (χ2n) is 6.77. The summed E-state index contributed by atoms with van der Waals surface area (Å²) in [7, 11) is 0. The Hall–Kier alpha value is -1.09. The second kappa shape index (κ2) is 5.49. The van der Waals surface area contributed by atoms with Crippen molar-refractivity contribution in [3.8, 4) is 0 Å². The first-order chi connectivity index (χ1) is 8.87. The van der Waals surface area contributed by atoms with Crippen molar-refractivity contribution in [2.45, 2.75) is 40.2 Å². The highest BCUT2D eigenvalue weighted by Crippen LogP contribution is 2.26. The first-order valence-corrected chi connectivity index (χ1v) is 7.12. The van der Waals surface area contributed by atoms with Crippen LogP contribution in [0.25, 0.3) is 0 Å². The Kier molecular flexibility index (Phi) is 4.14. The summed E-state index contributed by atoms with van der Waals surface area (Å²) in [4.78, 5) is 2.16. The Morgan fingerprint density at radius 1 is 1.37 bits per heavy atom. The van der Waals surface area contributed by atoms with E-state index in [9.17, 15) is 4.39 Å². The molecule has 2 nitrogen and oxygen atoms in total. The third kappa shape index (κ3) is 3.69. The molecule has 0 amide bonds. The fourth-order valence-electron chi connectivity index (χ4n) is 2.70. The van der Waals surface area contributed by atoms with E-state index in [1.54, 1.807) is 6.07 Å². The lowest BCUT2D eigenvalue weighted by Gasteiger charge is -2.36. The quantitative estimate of drug-likeness (QED) is 0.882. The van der Waals surface area contributed by atoms with E-state index in [1.807, 2.05) is 6.07 Å². The van der Waals surface area contributed by atoms with Gasteiger partial charge in [0.2, 0.25) is 0 Å². The van der Waals surface area contributed by atoms with E-state index in [1.165, 1.54) is 0 Å². The summed E-state index contributed by atoms with van der Waals surface area (Å²) in [5.74, 6) is -0.0875. The van der Waals surface area contributed by atoms with E-state index in [2.05, 4.69) is 44.0 Å². The molecule has 1 fully saturated rings. The van der Waals surface area contributed by atoms with Gasteiger partial charge in [-0.3, -0.25) is 0 Å². The minimum atomic E-state index is -0.0875. The molecule has 0 aromatic heterocycles. The Bertz CT molecular complexity index is 437. The molecule has 0 saturated carbocycles. The van der Waals surface area contributed by atoms with Crippen molar-refractivity contribution in [1.82, 2.24) is 5.32 Å². The molecule has 1 aliphatic heterocycles. The van der Waals surface area contributed by atoms with Gasteiger partial charge in [-0.25, -0.2) is 4.39 Å². The van der Waals surface area contributed by atoms with Crippen molar-refractivity contribution in [2.75, 3.05) is 24.5 Å². The van der Waals surface area contributed by atoms with Gasteiger partial charge in [-0.2, -0.15) is 0 Å². The van der Waals surface area contributed by atoms with Crippen LogP contribution in [0.15, 0.2) is 18.2 Å². The Balaban J connectivity index is 2.19. The summed E-state index contributed by atoms with van der Waals surface area (Å²) in [5, 5.41) is 3.33. The molecule has 3 heteroatoms. The zero-order valence-electron chi connectivity index (χ0n) is 12.5. The van der Waals surface area contributed by atoms with Gasteiger partial charge in [0.25, 0.3) is 0 Å². The molecule has 1 unspecified atom stereocenters. The maximum atomic E-state index is 14.3. The minimum absolute atomic E-state index is 0.0875. The molecule has 19 heavy (non-hydrogen) atoms. The second-order valence-corrected chi connectivity index (χ2v) is 6.77. The van der Waals surface area contributed by atoms with E-state index in [0.29, 0.717) is 6.04 Å². The number of hydrogen-bond donors (Lipinski definition) is 1. The van der Waals surface area contributed by atoms with E-state index in [0.717, 1.165) is 37.3 Å². The third-order valence-electron chi connectivity index (χ3n) is 3.56. The number of rotatable bonds is 2. The molecule has 1 atom stereocenters. The number of benzene rings is 1.